The maximum Gasteiger partial charge on any atom is 0.338 e. The number of ether oxygens (including phenoxy) is 1. The Morgan fingerprint density at radius 1 is 1.11 bits per heavy atom. The van der Waals surface area contributed by atoms with Crippen LogP contribution >= 0.6 is 0 Å². The van der Waals surface area contributed by atoms with E-state index in [9.17, 15) is 18.0 Å². The van der Waals surface area contributed by atoms with E-state index in [1.807, 2.05) is 0 Å². The number of esters is 1. The Hall–Kier alpha value is -2.87. The van der Waals surface area contributed by atoms with Gasteiger partial charge in [-0.3, -0.25) is 9.10 Å². The molecular weight excluding hydrogens is 368 g/mol. The molecule has 0 unspecified atom stereocenters. The number of rotatable bonds is 7. The molecule has 1 amide bonds. The summed E-state index contributed by atoms with van der Waals surface area (Å²) >= 11 is 0. The molecule has 0 atom stereocenters. The van der Waals surface area contributed by atoms with Crippen molar-refractivity contribution in [2.75, 3.05) is 24.5 Å². The van der Waals surface area contributed by atoms with E-state index in [0.29, 0.717) is 11.3 Å². The second-order valence-electron chi connectivity index (χ2n) is 5.73. The van der Waals surface area contributed by atoms with Gasteiger partial charge in [-0.25, -0.2) is 13.2 Å². The van der Waals surface area contributed by atoms with E-state index in [-0.39, 0.29) is 17.0 Å². The van der Waals surface area contributed by atoms with Crippen LogP contribution in [0.15, 0.2) is 53.4 Å². The first-order valence-electron chi connectivity index (χ1n) is 8.37. The maximum absolute atomic E-state index is 13.2. The second kappa shape index (κ2) is 8.68. The summed E-state index contributed by atoms with van der Waals surface area (Å²) in [6.07, 6.45) is 0. The van der Waals surface area contributed by atoms with Gasteiger partial charge < -0.3 is 10.1 Å². The molecule has 2 aromatic carbocycles. The van der Waals surface area contributed by atoms with Crippen LogP contribution in [0.5, 0.6) is 0 Å². The Balaban J connectivity index is 2.39. The van der Waals surface area contributed by atoms with Crippen molar-refractivity contribution >= 4 is 27.6 Å². The van der Waals surface area contributed by atoms with Crippen LogP contribution in [0.25, 0.3) is 0 Å². The van der Waals surface area contributed by atoms with E-state index in [2.05, 4.69) is 5.32 Å². The number of aryl methyl sites for hydroxylation is 1. The summed E-state index contributed by atoms with van der Waals surface area (Å²) in [7, 11) is -2.45. The molecule has 0 saturated carbocycles. The van der Waals surface area contributed by atoms with Gasteiger partial charge in [0, 0.05) is 13.6 Å². The first-order chi connectivity index (χ1) is 12.8. The van der Waals surface area contributed by atoms with Crippen LogP contribution < -0.4 is 9.62 Å². The van der Waals surface area contributed by atoms with Gasteiger partial charge in [0.1, 0.15) is 0 Å². The van der Waals surface area contributed by atoms with Gasteiger partial charge in [0.15, 0.2) is 6.61 Å². The molecule has 2 aromatic rings. The Labute approximate surface area is 159 Å². The first kappa shape index (κ1) is 20.4. The Morgan fingerprint density at radius 3 is 2.37 bits per heavy atom. The highest BCUT2D eigenvalue weighted by Gasteiger charge is 2.26. The van der Waals surface area contributed by atoms with Crippen LogP contribution in [0.3, 0.4) is 0 Å². The minimum Gasteiger partial charge on any atom is -0.452 e. The lowest BCUT2D eigenvalue weighted by Gasteiger charge is -2.24. The predicted octanol–water partition coefficient (Wildman–Crippen LogP) is 2.11. The summed E-state index contributed by atoms with van der Waals surface area (Å²) < 4.78 is 32.5. The van der Waals surface area contributed by atoms with Gasteiger partial charge in [-0.1, -0.05) is 24.3 Å². The number of carbonyl (C=O) groups is 2. The first-order valence-corrected chi connectivity index (χ1v) is 9.81. The van der Waals surface area contributed by atoms with Crippen LogP contribution in [0, 0.1) is 6.92 Å². The number of hydrogen-bond acceptors (Lipinski definition) is 5. The van der Waals surface area contributed by atoms with Crippen LogP contribution in [0.1, 0.15) is 22.8 Å². The number of carbonyl (C=O) groups excluding carboxylic acids is 2. The monoisotopic (exact) mass is 390 g/mol. The minimum atomic E-state index is -3.88. The zero-order valence-electron chi connectivity index (χ0n) is 15.4. The number of sulfonamides is 1. The van der Waals surface area contributed by atoms with Gasteiger partial charge in [0.25, 0.3) is 15.9 Å². The van der Waals surface area contributed by atoms with E-state index in [1.165, 1.54) is 23.5 Å². The van der Waals surface area contributed by atoms with Gasteiger partial charge in [-0.05, 0) is 43.7 Å². The summed E-state index contributed by atoms with van der Waals surface area (Å²) in [6, 6.07) is 13.0. The molecule has 0 aromatic heterocycles. The molecule has 27 heavy (non-hydrogen) atoms. The van der Waals surface area contributed by atoms with E-state index < -0.39 is 28.5 Å². The smallest absolute Gasteiger partial charge is 0.338 e. The largest absolute Gasteiger partial charge is 0.452 e. The van der Waals surface area contributed by atoms with E-state index in [1.54, 1.807) is 50.2 Å². The molecule has 7 nitrogen and oxygen atoms in total. The average molecular weight is 390 g/mol. The molecular formula is C19H22N2O5S. The van der Waals surface area contributed by atoms with Crippen molar-refractivity contribution in [1.29, 1.82) is 0 Å². The topological polar surface area (TPSA) is 92.8 Å². The summed E-state index contributed by atoms with van der Waals surface area (Å²) in [5, 5.41) is 2.34. The average Bonchev–Trinajstić information content (AvgIpc) is 2.67. The summed E-state index contributed by atoms with van der Waals surface area (Å²) in [5.74, 6) is -1.22. The minimum absolute atomic E-state index is 0.0163. The van der Waals surface area contributed by atoms with Crippen LogP contribution in [0.4, 0.5) is 5.69 Å². The number of nitrogens with one attached hydrogen (secondary N) is 1. The molecule has 1 N–H and O–H groups in total. The number of hydrogen-bond donors (Lipinski definition) is 1. The van der Waals surface area contributed by atoms with Crippen molar-refractivity contribution in [3.63, 3.8) is 0 Å². The van der Waals surface area contributed by atoms with Gasteiger partial charge in [-0.15, -0.1) is 0 Å². The fourth-order valence-corrected chi connectivity index (χ4v) is 4.22. The number of amides is 1. The predicted molar refractivity (Wildman–Crippen MR) is 102 cm³/mol. The molecule has 8 heteroatoms. The summed E-state index contributed by atoms with van der Waals surface area (Å²) in [6.45, 7) is 3.19. The molecule has 144 valence electrons. The molecule has 0 radical (unpaired) electrons. The zero-order chi connectivity index (χ0) is 20.0. The standard InChI is InChI=1S/C19H22N2O5S/c1-4-21(16-8-6-5-7-9-16)27(24,25)17-12-15(11-10-14(17)2)19(23)26-13-18(22)20-3/h5-12H,4,13H2,1-3H3,(H,20,22). The third kappa shape index (κ3) is 4.65. The summed E-state index contributed by atoms with van der Waals surface area (Å²) in [4.78, 5) is 23.4. The molecule has 0 bridgehead atoms. The molecule has 0 aliphatic carbocycles. The van der Waals surface area contributed by atoms with E-state index >= 15 is 0 Å². The Bertz CT molecular complexity index is 926. The van der Waals surface area contributed by atoms with Crippen molar-refractivity contribution in [2.24, 2.45) is 0 Å². The summed E-state index contributed by atoms with van der Waals surface area (Å²) in [5.41, 5.74) is 1.10. The van der Waals surface area contributed by atoms with Gasteiger partial charge >= 0.3 is 5.97 Å². The lowest BCUT2D eigenvalue weighted by molar-refractivity contribution is -0.123. The Morgan fingerprint density at radius 2 is 1.78 bits per heavy atom. The number of benzene rings is 2. The highest BCUT2D eigenvalue weighted by Crippen LogP contribution is 2.26. The van der Waals surface area contributed by atoms with Crippen molar-refractivity contribution in [3.8, 4) is 0 Å². The molecule has 0 aliphatic heterocycles. The molecule has 0 spiro atoms. The van der Waals surface area contributed by atoms with Crippen molar-refractivity contribution in [2.45, 2.75) is 18.7 Å². The fraction of sp³-hybridized carbons (Fsp3) is 0.263. The van der Waals surface area contributed by atoms with Crippen LogP contribution in [-0.4, -0.2) is 40.5 Å². The molecule has 0 saturated heterocycles. The van der Waals surface area contributed by atoms with E-state index in [4.69, 9.17) is 4.74 Å². The fourth-order valence-electron chi connectivity index (χ4n) is 2.50. The van der Waals surface area contributed by atoms with Gasteiger partial charge in [-0.2, -0.15) is 0 Å². The number of para-hydroxylation sites is 1. The van der Waals surface area contributed by atoms with Gasteiger partial charge in [0.05, 0.1) is 16.1 Å². The van der Waals surface area contributed by atoms with Crippen LogP contribution in [0.2, 0.25) is 0 Å². The van der Waals surface area contributed by atoms with Crippen molar-refractivity contribution in [3.05, 3.63) is 59.7 Å². The molecule has 0 fully saturated rings. The maximum atomic E-state index is 13.2. The molecule has 0 aliphatic rings. The SMILES string of the molecule is CCN(c1ccccc1)S(=O)(=O)c1cc(C(=O)OCC(=O)NC)ccc1C. The normalized spacial score (nSPS) is 10.9. The molecule has 2 rings (SSSR count). The van der Waals surface area contributed by atoms with Crippen LogP contribution in [-0.2, 0) is 19.6 Å². The lowest BCUT2D eigenvalue weighted by Crippen LogP contribution is -2.31. The number of anilines is 1. The second-order valence-corrected chi connectivity index (χ2v) is 7.57. The third-order valence-electron chi connectivity index (χ3n) is 3.94. The zero-order valence-corrected chi connectivity index (χ0v) is 16.2. The third-order valence-corrected chi connectivity index (χ3v) is 5.98. The molecule has 0 heterocycles. The number of nitrogens with zero attached hydrogens (tertiary/aromatic N) is 1. The van der Waals surface area contributed by atoms with Crippen molar-refractivity contribution < 1.29 is 22.7 Å². The lowest BCUT2D eigenvalue weighted by atomic mass is 10.1. The Kier molecular flexibility index (Phi) is 6.57. The quantitative estimate of drug-likeness (QED) is 0.731. The number of likely N-dealkylation sites (N-methyl/N-ethyl adjacent to an activating group) is 1. The highest BCUT2D eigenvalue weighted by atomic mass is 32.2. The highest BCUT2D eigenvalue weighted by molar-refractivity contribution is 7.92. The van der Waals surface area contributed by atoms with E-state index in [0.717, 1.165) is 0 Å². The van der Waals surface area contributed by atoms with Gasteiger partial charge in [0.2, 0.25) is 0 Å². The van der Waals surface area contributed by atoms with Crippen molar-refractivity contribution in [1.82, 2.24) is 5.32 Å².